The summed E-state index contributed by atoms with van der Waals surface area (Å²) in [5.74, 6) is -1.01. The molecule has 1 atom stereocenters. The molecule has 1 aromatic rings. The van der Waals surface area contributed by atoms with Crippen LogP contribution in [0.2, 0.25) is 0 Å². The molecule has 0 aromatic heterocycles. The lowest BCUT2D eigenvalue weighted by Crippen LogP contribution is -2.40. The van der Waals surface area contributed by atoms with Crippen molar-refractivity contribution in [2.24, 2.45) is 0 Å². The van der Waals surface area contributed by atoms with Crippen LogP contribution in [0, 0.1) is 15.9 Å². The van der Waals surface area contributed by atoms with E-state index in [1.54, 1.807) is 26.8 Å². The van der Waals surface area contributed by atoms with Gasteiger partial charge in [0.15, 0.2) is 0 Å². The summed E-state index contributed by atoms with van der Waals surface area (Å²) in [6.07, 6.45) is 0.273. The lowest BCUT2D eigenvalue weighted by molar-refractivity contribution is -0.388. The van der Waals surface area contributed by atoms with Crippen molar-refractivity contribution in [1.29, 1.82) is 0 Å². The molecule has 0 radical (unpaired) electrons. The van der Waals surface area contributed by atoms with E-state index in [1.165, 1.54) is 17.0 Å². The fourth-order valence-electron chi connectivity index (χ4n) is 2.60. The molecular weight excluding hydrogens is 331 g/mol. The molecule has 0 fully saturated rings. The molecular formula is C17H21FN2O5. The number of carbonyl (C=O) groups excluding carboxylic acids is 1. The predicted octanol–water partition coefficient (Wildman–Crippen LogP) is 3.33. The molecule has 0 saturated heterocycles. The highest BCUT2D eigenvalue weighted by molar-refractivity contribution is 5.69. The second-order valence-corrected chi connectivity index (χ2v) is 6.81. The van der Waals surface area contributed by atoms with Crippen LogP contribution in [-0.4, -0.2) is 39.7 Å². The molecule has 8 heteroatoms. The zero-order valence-corrected chi connectivity index (χ0v) is 14.4. The van der Waals surface area contributed by atoms with Gasteiger partial charge in [-0.15, -0.1) is 0 Å². The molecule has 2 rings (SSSR count). The Morgan fingerprint density at radius 2 is 2.12 bits per heavy atom. The fourth-order valence-corrected chi connectivity index (χ4v) is 2.60. The van der Waals surface area contributed by atoms with Crippen LogP contribution in [0.4, 0.5) is 14.9 Å². The Bertz CT molecular complexity index is 711. The van der Waals surface area contributed by atoms with Gasteiger partial charge in [0.2, 0.25) is 5.82 Å². The molecule has 1 amide bonds. The standard InChI is InChI=1S/C17H21FN2O5/c1-17(2,3)25-16(22)19-9-5-6-11(10-19)15(21)12-7-4-8-13(18)14(12)20(23)24/h4,6-8,15,21H,5,9-10H2,1-3H3. The maximum absolute atomic E-state index is 13.8. The van der Waals surface area contributed by atoms with Crippen molar-refractivity contribution in [3.8, 4) is 0 Å². The van der Waals surface area contributed by atoms with Gasteiger partial charge in [0, 0.05) is 13.1 Å². The van der Waals surface area contributed by atoms with Gasteiger partial charge in [-0.3, -0.25) is 10.1 Å². The van der Waals surface area contributed by atoms with E-state index in [0.29, 0.717) is 18.5 Å². The number of halogens is 1. The predicted molar refractivity (Wildman–Crippen MR) is 88.5 cm³/mol. The third kappa shape index (κ3) is 4.54. The number of nitrogens with zero attached hydrogens (tertiary/aromatic N) is 2. The molecule has 1 aliphatic heterocycles. The molecule has 0 bridgehead atoms. The molecule has 0 aliphatic carbocycles. The van der Waals surface area contributed by atoms with Crippen molar-refractivity contribution in [2.75, 3.05) is 13.1 Å². The maximum atomic E-state index is 13.8. The van der Waals surface area contributed by atoms with Crippen LogP contribution >= 0.6 is 0 Å². The average molecular weight is 352 g/mol. The number of nitro groups is 1. The third-order valence-electron chi connectivity index (χ3n) is 3.68. The number of benzene rings is 1. The summed E-state index contributed by atoms with van der Waals surface area (Å²) in [6.45, 7) is 5.71. The van der Waals surface area contributed by atoms with Gasteiger partial charge in [0.05, 0.1) is 10.5 Å². The normalized spacial score (nSPS) is 16.2. The molecule has 1 heterocycles. The molecule has 7 nitrogen and oxygen atoms in total. The van der Waals surface area contributed by atoms with Gasteiger partial charge in [0.1, 0.15) is 11.7 Å². The Balaban J connectivity index is 2.22. The van der Waals surface area contributed by atoms with E-state index in [4.69, 9.17) is 4.74 Å². The number of ether oxygens (including phenoxy) is 1. The van der Waals surface area contributed by atoms with E-state index in [0.717, 1.165) is 6.07 Å². The summed E-state index contributed by atoms with van der Waals surface area (Å²) in [7, 11) is 0. The number of rotatable bonds is 3. The minimum Gasteiger partial charge on any atom is -0.444 e. The number of amides is 1. The van der Waals surface area contributed by atoms with Gasteiger partial charge in [-0.25, -0.2) is 4.79 Å². The Morgan fingerprint density at radius 1 is 1.44 bits per heavy atom. The molecule has 0 saturated carbocycles. The van der Waals surface area contributed by atoms with Crippen LogP contribution in [0.1, 0.15) is 38.9 Å². The van der Waals surface area contributed by atoms with E-state index < -0.39 is 34.2 Å². The Morgan fingerprint density at radius 3 is 2.72 bits per heavy atom. The van der Waals surface area contributed by atoms with E-state index in [9.17, 15) is 24.4 Å². The monoisotopic (exact) mass is 352 g/mol. The van der Waals surface area contributed by atoms with Gasteiger partial charge in [-0.1, -0.05) is 12.1 Å². The highest BCUT2D eigenvalue weighted by Crippen LogP contribution is 2.33. The van der Waals surface area contributed by atoms with Gasteiger partial charge < -0.3 is 14.7 Å². The SMILES string of the molecule is CC(C)(C)OC(=O)N1CCC=C(C(O)c2cccc(F)c2[N+](=O)[O-])C1. The number of hydrogen-bond acceptors (Lipinski definition) is 5. The topological polar surface area (TPSA) is 92.9 Å². The van der Waals surface area contributed by atoms with Gasteiger partial charge >= 0.3 is 11.8 Å². The molecule has 0 spiro atoms. The molecule has 1 aliphatic rings. The Hall–Kier alpha value is -2.48. The second-order valence-electron chi connectivity index (χ2n) is 6.81. The first-order valence-electron chi connectivity index (χ1n) is 7.88. The van der Waals surface area contributed by atoms with Crippen LogP contribution < -0.4 is 0 Å². The van der Waals surface area contributed by atoms with Gasteiger partial charge in [-0.05, 0) is 44.9 Å². The molecule has 1 unspecified atom stereocenters. The van der Waals surface area contributed by atoms with E-state index >= 15 is 0 Å². The number of nitro benzene ring substituents is 1. The highest BCUT2D eigenvalue weighted by Gasteiger charge is 2.31. The summed E-state index contributed by atoms with van der Waals surface area (Å²) in [5.41, 5.74) is -1.16. The van der Waals surface area contributed by atoms with Crippen LogP contribution in [-0.2, 0) is 4.74 Å². The average Bonchev–Trinajstić information content (AvgIpc) is 2.52. The number of hydrogen-bond donors (Lipinski definition) is 1. The quantitative estimate of drug-likeness (QED) is 0.512. The van der Waals surface area contributed by atoms with Crippen molar-refractivity contribution in [2.45, 2.75) is 38.9 Å². The second kappa shape index (κ2) is 7.18. The first-order chi connectivity index (χ1) is 11.6. The van der Waals surface area contributed by atoms with E-state index in [2.05, 4.69) is 0 Å². The third-order valence-corrected chi connectivity index (χ3v) is 3.68. The van der Waals surface area contributed by atoms with Gasteiger partial charge in [-0.2, -0.15) is 4.39 Å². The van der Waals surface area contributed by atoms with Crippen molar-refractivity contribution in [3.63, 3.8) is 0 Å². The zero-order valence-electron chi connectivity index (χ0n) is 14.4. The van der Waals surface area contributed by atoms with Crippen molar-refractivity contribution in [1.82, 2.24) is 4.90 Å². The zero-order chi connectivity index (χ0) is 18.8. The molecule has 1 N–H and O–H groups in total. The minimum absolute atomic E-state index is 0.0593. The fraction of sp³-hybridized carbons (Fsp3) is 0.471. The van der Waals surface area contributed by atoms with Crippen molar-refractivity contribution in [3.05, 3.63) is 51.3 Å². The van der Waals surface area contributed by atoms with Crippen LogP contribution in [0.25, 0.3) is 0 Å². The highest BCUT2D eigenvalue weighted by atomic mass is 19.1. The molecule has 25 heavy (non-hydrogen) atoms. The molecule has 1 aromatic carbocycles. The van der Waals surface area contributed by atoms with Gasteiger partial charge in [0.25, 0.3) is 0 Å². The van der Waals surface area contributed by atoms with E-state index in [-0.39, 0.29) is 12.1 Å². The maximum Gasteiger partial charge on any atom is 0.410 e. The van der Waals surface area contributed by atoms with Crippen LogP contribution in [0.15, 0.2) is 29.8 Å². The van der Waals surface area contributed by atoms with Crippen molar-refractivity contribution >= 4 is 11.8 Å². The Labute approximate surface area is 144 Å². The largest absolute Gasteiger partial charge is 0.444 e. The smallest absolute Gasteiger partial charge is 0.410 e. The Kier molecular flexibility index (Phi) is 5.42. The summed E-state index contributed by atoms with van der Waals surface area (Å²) in [6, 6.07) is 3.58. The first-order valence-corrected chi connectivity index (χ1v) is 7.88. The number of aliphatic hydroxyl groups excluding tert-OH is 1. The summed E-state index contributed by atoms with van der Waals surface area (Å²) >= 11 is 0. The van der Waals surface area contributed by atoms with Crippen LogP contribution in [0.3, 0.4) is 0 Å². The van der Waals surface area contributed by atoms with Crippen molar-refractivity contribution < 1.29 is 24.0 Å². The lowest BCUT2D eigenvalue weighted by atomic mass is 9.96. The molecule has 136 valence electrons. The summed E-state index contributed by atoms with van der Waals surface area (Å²) in [4.78, 5) is 23.8. The number of carbonyl (C=O) groups is 1. The number of aliphatic hydroxyl groups is 1. The first kappa shape index (κ1) is 18.9. The minimum atomic E-state index is -1.37. The van der Waals surface area contributed by atoms with E-state index in [1.807, 2.05) is 0 Å². The lowest BCUT2D eigenvalue weighted by Gasteiger charge is -2.31. The number of para-hydroxylation sites is 1. The summed E-state index contributed by atoms with van der Waals surface area (Å²) in [5, 5.41) is 21.6. The summed E-state index contributed by atoms with van der Waals surface area (Å²) < 4.78 is 19.1. The van der Waals surface area contributed by atoms with Crippen LogP contribution in [0.5, 0.6) is 0 Å².